The summed E-state index contributed by atoms with van der Waals surface area (Å²) in [5.41, 5.74) is 2.02. The van der Waals surface area contributed by atoms with E-state index in [2.05, 4.69) is 30.5 Å². The number of nitrogens with one attached hydrogen (secondary N) is 2. The van der Waals surface area contributed by atoms with Crippen molar-refractivity contribution in [3.63, 3.8) is 0 Å². The number of anilines is 1. The molecule has 2 unspecified atom stereocenters. The van der Waals surface area contributed by atoms with Crippen molar-refractivity contribution in [2.45, 2.75) is 39.3 Å². The van der Waals surface area contributed by atoms with Gasteiger partial charge in [0.05, 0.1) is 0 Å². The second-order valence-corrected chi connectivity index (χ2v) is 5.42. The van der Waals surface area contributed by atoms with E-state index in [0.29, 0.717) is 12.5 Å². The molecular weight excluding hydrogens is 252 g/mol. The first kappa shape index (κ1) is 15.0. The van der Waals surface area contributed by atoms with Crippen molar-refractivity contribution in [3.05, 3.63) is 29.8 Å². The van der Waals surface area contributed by atoms with Crippen LogP contribution in [0.25, 0.3) is 0 Å². The molecule has 20 heavy (non-hydrogen) atoms. The third-order valence-corrected chi connectivity index (χ3v) is 3.60. The van der Waals surface area contributed by atoms with Gasteiger partial charge in [-0.3, -0.25) is 4.79 Å². The smallest absolute Gasteiger partial charge is 0.253 e. The molecule has 0 spiro atoms. The lowest BCUT2D eigenvalue weighted by molar-refractivity contribution is -0.126. The number of amides is 1. The third-order valence-electron chi connectivity index (χ3n) is 3.60. The standard InChI is InChI=1S/C16H24N2O2/c1-3-8-17-11-13-5-4-6-14(10-13)18-16(19)15-12(2)7-9-20-15/h4-6,10,12,15,17H,3,7-9,11H2,1-2H3,(H,18,19). The molecule has 4 heteroatoms. The minimum Gasteiger partial charge on any atom is -0.368 e. The van der Waals surface area contributed by atoms with Crippen molar-refractivity contribution < 1.29 is 9.53 Å². The molecule has 1 aromatic carbocycles. The molecule has 2 atom stereocenters. The van der Waals surface area contributed by atoms with Crippen molar-refractivity contribution in [1.82, 2.24) is 5.32 Å². The highest BCUT2D eigenvalue weighted by atomic mass is 16.5. The van der Waals surface area contributed by atoms with Gasteiger partial charge in [0, 0.05) is 18.8 Å². The molecule has 2 N–H and O–H groups in total. The summed E-state index contributed by atoms with van der Waals surface area (Å²) in [5, 5.41) is 6.31. The number of rotatable bonds is 6. The van der Waals surface area contributed by atoms with Crippen molar-refractivity contribution >= 4 is 11.6 Å². The Morgan fingerprint density at radius 3 is 3.00 bits per heavy atom. The average molecular weight is 276 g/mol. The first-order chi connectivity index (χ1) is 9.70. The molecule has 1 aliphatic heterocycles. The lowest BCUT2D eigenvalue weighted by Gasteiger charge is -2.15. The molecule has 0 bridgehead atoms. The Morgan fingerprint density at radius 2 is 2.30 bits per heavy atom. The Balaban J connectivity index is 1.91. The summed E-state index contributed by atoms with van der Waals surface area (Å²) in [4.78, 5) is 12.1. The first-order valence-corrected chi connectivity index (χ1v) is 7.43. The van der Waals surface area contributed by atoms with Crippen LogP contribution in [0.1, 0.15) is 32.3 Å². The Morgan fingerprint density at radius 1 is 1.45 bits per heavy atom. The van der Waals surface area contributed by atoms with Gasteiger partial charge in [0.25, 0.3) is 5.91 Å². The van der Waals surface area contributed by atoms with E-state index in [4.69, 9.17) is 4.74 Å². The van der Waals surface area contributed by atoms with Crippen LogP contribution in [0.2, 0.25) is 0 Å². The zero-order valence-corrected chi connectivity index (χ0v) is 12.3. The summed E-state index contributed by atoms with van der Waals surface area (Å²) in [6.45, 7) is 6.72. The summed E-state index contributed by atoms with van der Waals surface area (Å²) in [6, 6.07) is 7.96. The molecular formula is C16H24N2O2. The molecule has 0 aliphatic carbocycles. The van der Waals surface area contributed by atoms with Crippen LogP contribution in [0.15, 0.2) is 24.3 Å². The summed E-state index contributed by atoms with van der Waals surface area (Å²) >= 11 is 0. The van der Waals surface area contributed by atoms with Crippen molar-refractivity contribution in [1.29, 1.82) is 0 Å². The number of carbonyl (C=O) groups is 1. The van der Waals surface area contributed by atoms with Crippen LogP contribution in [0.4, 0.5) is 5.69 Å². The number of hydrogen-bond donors (Lipinski definition) is 2. The van der Waals surface area contributed by atoms with E-state index in [1.807, 2.05) is 18.2 Å². The highest BCUT2D eigenvalue weighted by Crippen LogP contribution is 2.21. The molecule has 1 fully saturated rings. The predicted octanol–water partition coefficient (Wildman–Crippen LogP) is 2.55. The lowest BCUT2D eigenvalue weighted by Crippen LogP contribution is -2.31. The molecule has 1 aliphatic rings. The van der Waals surface area contributed by atoms with Gasteiger partial charge in [0.15, 0.2) is 0 Å². The molecule has 1 aromatic rings. The van der Waals surface area contributed by atoms with Crippen molar-refractivity contribution in [2.75, 3.05) is 18.5 Å². The Labute approximate surface area is 120 Å². The maximum absolute atomic E-state index is 12.1. The molecule has 1 saturated heterocycles. The Kier molecular flexibility index (Phi) is 5.56. The summed E-state index contributed by atoms with van der Waals surface area (Å²) in [6.07, 6.45) is 1.77. The van der Waals surface area contributed by atoms with Crippen LogP contribution in [0.5, 0.6) is 0 Å². The fourth-order valence-corrected chi connectivity index (χ4v) is 2.41. The molecule has 110 valence electrons. The van der Waals surface area contributed by atoms with Crippen LogP contribution in [-0.2, 0) is 16.1 Å². The van der Waals surface area contributed by atoms with Gasteiger partial charge in [-0.2, -0.15) is 0 Å². The molecule has 0 radical (unpaired) electrons. The Bertz CT molecular complexity index is 448. The number of ether oxygens (including phenoxy) is 1. The van der Waals surface area contributed by atoms with Gasteiger partial charge in [-0.25, -0.2) is 0 Å². The quantitative estimate of drug-likeness (QED) is 0.785. The van der Waals surface area contributed by atoms with Crippen LogP contribution in [0.3, 0.4) is 0 Å². The maximum Gasteiger partial charge on any atom is 0.253 e. The molecule has 1 heterocycles. The van der Waals surface area contributed by atoms with Gasteiger partial charge in [0.1, 0.15) is 6.10 Å². The SMILES string of the molecule is CCCNCc1cccc(NC(=O)C2OCCC2C)c1. The number of benzene rings is 1. The van der Waals surface area contributed by atoms with E-state index >= 15 is 0 Å². The zero-order chi connectivity index (χ0) is 14.4. The van der Waals surface area contributed by atoms with Gasteiger partial charge in [-0.1, -0.05) is 26.0 Å². The highest BCUT2D eigenvalue weighted by molar-refractivity contribution is 5.94. The van der Waals surface area contributed by atoms with E-state index in [1.54, 1.807) is 0 Å². The fourth-order valence-electron chi connectivity index (χ4n) is 2.41. The fraction of sp³-hybridized carbons (Fsp3) is 0.562. The Hall–Kier alpha value is -1.39. The topological polar surface area (TPSA) is 50.4 Å². The number of carbonyl (C=O) groups excluding carboxylic acids is 1. The minimum absolute atomic E-state index is 0.0336. The molecule has 4 nitrogen and oxygen atoms in total. The van der Waals surface area contributed by atoms with Gasteiger partial charge in [-0.15, -0.1) is 0 Å². The summed E-state index contributed by atoms with van der Waals surface area (Å²) in [7, 11) is 0. The van der Waals surface area contributed by atoms with Crippen LogP contribution in [0, 0.1) is 5.92 Å². The van der Waals surface area contributed by atoms with Crippen molar-refractivity contribution in [2.24, 2.45) is 5.92 Å². The van der Waals surface area contributed by atoms with Crippen LogP contribution < -0.4 is 10.6 Å². The van der Waals surface area contributed by atoms with E-state index in [1.165, 1.54) is 5.56 Å². The monoisotopic (exact) mass is 276 g/mol. The predicted molar refractivity (Wildman–Crippen MR) is 80.6 cm³/mol. The zero-order valence-electron chi connectivity index (χ0n) is 12.3. The second kappa shape index (κ2) is 7.41. The summed E-state index contributed by atoms with van der Waals surface area (Å²) < 4.78 is 5.48. The van der Waals surface area contributed by atoms with Crippen LogP contribution >= 0.6 is 0 Å². The van der Waals surface area contributed by atoms with E-state index < -0.39 is 0 Å². The second-order valence-electron chi connectivity index (χ2n) is 5.42. The van der Waals surface area contributed by atoms with E-state index in [-0.39, 0.29) is 12.0 Å². The molecule has 1 amide bonds. The maximum atomic E-state index is 12.1. The largest absolute Gasteiger partial charge is 0.368 e. The minimum atomic E-state index is -0.308. The van der Waals surface area contributed by atoms with Crippen molar-refractivity contribution in [3.8, 4) is 0 Å². The lowest BCUT2D eigenvalue weighted by atomic mass is 10.0. The first-order valence-electron chi connectivity index (χ1n) is 7.43. The van der Waals surface area contributed by atoms with Crippen LogP contribution in [-0.4, -0.2) is 25.2 Å². The normalized spacial score (nSPS) is 21.9. The molecule has 0 saturated carbocycles. The van der Waals surface area contributed by atoms with Gasteiger partial charge >= 0.3 is 0 Å². The molecule has 0 aromatic heterocycles. The van der Waals surface area contributed by atoms with Gasteiger partial charge < -0.3 is 15.4 Å². The molecule has 2 rings (SSSR count). The average Bonchev–Trinajstić information content (AvgIpc) is 2.86. The highest BCUT2D eigenvalue weighted by Gasteiger charge is 2.30. The van der Waals surface area contributed by atoms with E-state index in [9.17, 15) is 4.79 Å². The third kappa shape index (κ3) is 4.05. The number of hydrogen-bond acceptors (Lipinski definition) is 3. The van der Waals surface area contributed by atoms with Gasteiger partial charge in [-0.05, 0) is 43.0 Å². The van der Waals surface area contributed by atoms with Gasteiger partial charge in [0.2, 0.25) is 0 Å². The van der Waals surface area contributed by atoms with E-state index in [0.717, 1.165) is 31.6 Å². The summed E-state index contributed by atoms with van der Waals surface area (Å²) in [5.74, 6) is 0.262.